The molecule has 0 spiro atoms. The number of aromatic carboxylic acids is 1. The second kappa shape index (κ2) is 15.3. The molecule has 0 aliphatic carbocycles. The number of aromatic nitrogens is 4. The molecule has 4 amide bonds. The zero-order chi connectivity index (χ0) is 34.2. The Bertz CT molecular complexity index is 1820. The number of aliphatic hydroxyl groups is 1. The molecule has 0 radical (unpaired) electrons. The van der Waals surface area contributed by atoms with Crippen LogP contribution in [0.2, 0.25) is 5.02 Å². The van der Waals surface area contributed by atoms with E-state index in [1.165, 1.54) is 41.3 Å². The smallest absolute Gasteiger partial charge is 0.337 e. The second-order valence-corrected chi connectivity index (χ2v) is 11.1. The van der Waals surface area contributed by atoms with E-state index in [2.05, 4.69) is 31.5 Å². The number of carbonyl (C=O) groups excluding carboxylic acids is 4. The van der Waals surface area contributed by atoms with Crippen LogP contribution in [0.4, 0.5) is 17.1 Å². The number of hydrogen-bond donors (Lipinski definition) is 5. The monoisotopic (exact) mass is 675 g/mol. The molecule has 5 rings (SSSR count). The summed E-state index contributed by atoms with van der Waals surface area (Å²) in [5.74, 6) is -4.45. The number of hydrogen-bond acceptors (Lipinski definition) is 10. The number of aliphatic hydroxyl groups excluding tert-OH is 1. The highest BCUT2D eigenvalue weighted by Gasteiger charge is 2.28. The number of carboxylic acid groups (broad SMARTS) is 1. The number of benzene rings is 3. The lowest BCUT2D eigenvalue weighted by molar-refractivity contribution is -0.137. The van der Waals surface area contributed by atoms with Gasteiger partial charge in [0.15, 0.2) is 0 Å². The molecule has 248 valence electrons. The van der Waals surface area contributed by atoms with Gasteiger partial charge < -0.3 is 31.1 Å². The first-order chi connectivity index (χ1) is 23.1. The van der Waals surface area contributed by atoms with Crippen LogP contribution < -0.4 is 20.9 Å². The van der Waals surface area contributed by atoms with Crippen molar-refractivity contribution >= 4 is 58.3 Å². The molecule has 48 heavy (non-hydrogen) atoms. The van der Waals surface area contributed by atoms with E-state index in [0.29, 0.717) is 36.6 Å². The summed E-state index contributed by atoms with van der Waals surface area (Å²) < 4.78 is 1.26. The van der Waals surface area contributed by atoms with Crippen molar-refractivity contribution in [1.29, 1.82) is 0 Å². The number of nitrogens with zero attached hydrogens (tertiary/aromatic N) is 6. The van der Waals surface area contributed by atoms with Gasteiger partial charge in [-0.1, -0.05) is 35.9 Å². The number of carboxylic acids is 1. The van der Waals surface area contributed by atoms with Crippen LogP contribution in [0.15, 0.2) is 73.1 Å². The molecule has 1 atom stereocenters. The van der Waals surface area contributed by atoms with E-state index in [9.17, 15) is 34.2 Å². The van der Waals surface area contributed by atoms with E-state index >= 15 is 0 Å². The number of tetrazole rings is 1. The van der Waals surface area contributed by atoms with Crippen molar-refractivity contribution in [3.05, 3.63) is 89.2 Å². The van der Waals surface area contributed by atoms with Crippen molar-refractivity contribution in [1.82, 2.24) is 30.4 Å². The maximum absolute atomic E-state index is 13.5. The van der Waals surface area contributed by atoms with Gasteiger partial charge in [-0.2, -0.15) is 4.68 Å². The average Bonchev–Trinajstić information content (AvgIpc) is 3.60. The summed E-state index contributed by atoms with van der Waals surface area (Å²) in [6.07, 6.45) is 1.19. The van der Waals surface area contributed by atoms with E-state index in [-0.39, 0.29) is 47.4 Å². The summed E-state index contributed by atoms with van der Waals surface area (Å²) in [6, 6.07) is 15.7. The van der Waals surface area contributed by atoms with Gasteiger partial charge in [0, 0.05) is 36.8 Å². The number of amides is 4. The fraction of sp³-hybridized carbons (Fsp3) is 0.226. The second-order valence-electron chi connectivity index (χ2n) is 10.7. The lowest BCUT2D eigenvalue weighted by Crippen LogP contribution is -2.51. The van der Waals surface area contributed by atoms with E-state index in [4.69, 9.17) is 11.6 Å². The topological polar surface area (TPSA) is 212 Å². The van der Waals surface area contributed by atoms with Crippen LogP contribution in [-0.2, 0) is 25.6 Å². The molecule has 1 saturated heterocycles. The van der Waals surface area contributed by atoms with E-state index in [1.54, 1.807) is 41.3 Å². The molecule has 1 fully saturated rings. The minimum Gasteiger partial charge on any atom is -0.478 e. The Morgan fingerprint density at radius 3 is 2.40 bits per heavy atom. The number of rotatable bonds is 11. The van der Waals surface area contributed by atoms with Gasteiger partial charge in [-0.15, -0.1) is 5.10 Å². The predicted molar refractivity (Wildman–Crippen MR) is 173 cm³/mol. The Kier molecular flexibility index (Phi) is 10.7. The third-order valence-electron chi connectivity index (χ3n) is 7.45. The fourth-order valence-corrected chi connectivity index (χ4v) is 5.24. The Morgan fingerprint density at radius 2 is 1.71 bits per heavy atom. The molecule has 3 aromatic carbocycles. The molecule has 16 nitrogen and oxygen atoms in total. The van der Waals surface area contributed by atoms with Gasteiger partial charge in [0.2, 0.25) is 11.8 Å². The van der Waals surface area contributed by atoms with Crippen molar-refractivity contribution in [2.75, 3.05) is 48.3 Å². The fourth-order valence-electron chi connectivity index (χ4n) is 5.07. The van der Waals surface area contributed by atoms with Crippen LogP contribution in [0.5, 0.6) is 0 Å². The number of nitrogens with one attached hydrogen (secondary N) is 3. The Morgan fingerprint density at radius 1 is 0.938 bits per heavy atom. The number of piperazine rings is 1. The Hall–Kier alpha value is -5.71. The van der Waals surface area contributed by atoms with E-state index < -0.39 is 29.7 Å². The highest BCUT2D eigenvalue weighted by atomic mass is 35.5. The quantitative estimate of drug-likeness (QED) is 0.141. The summed E-state index contributed by atoms with van der Waals surface area (Å²) >= 11 is 6.12. The lowest BCUT2D eigenvalue weighted by atomic mass is 10.0. The van der Waals surface area contributed by atoms with Gasteiger partial charge in [0.1, 0.15) is 12.4 Å². The molecule has 2 heterocycles. The molecule has 0 saturated carbocycles. The van der Waals surface area contributed by atoms with Crippen LogP contribution in [0.1, 0.15) is 15.9 Å². The third kappa shape index (κ3) is 8.16. The van der Waals surface area contributed by atoms with Crippen LogP contribution in [0.25, 0.3) is 5.69 Å². The third-order valence-corrected chi connectivity index (χ3v) is 7.68. The van der Waals surface area contributed by atoms with Gasteiger partial charge in [-0.05, 0) is 58.5 Å². The van der Waals surface area contributed by atoms with Crippen LogP contribution in [0, 0.1) is 0 Å². The van der Waals surface area contributed by atoms with Crippen LogP contribution >= 0.6 is 11.6 Å². The number of anilines is 3. The van der Waals surface area contributed by atoms with Gasteiger partial charge >= 0.3 is 17.8 Å². The van der Waals surface area contributed by atoms with Gasteiger partial charge in [0.05, 0.1) is 35.8 Å². The summed E-state index contributed by atoms with van der Waals surface area (Å²) in [5, 5.41) is 37.4. The summed E-state index contributed by atoms with van der Waals surface area (Å²) in [6.45, 7) is 1.55. The molecular formula is C31H30ClN9O7. The number of halogens is 1. The first kappa shape index (κ1) is 33.6. The summed E-state index contributed by atoms with van der Waals surface area (Å²) in [7, 11) is 0. The first-order valence-electron chi connectivity index (χ1n) is 14.6. The highest BCUT2D eigenvalue weighted by molar-refractivity contribution is 6.40. The molecule has 0 bridgehead atoms. The first-order valence-corrected chi connectivity index (χ1v) is 15.0. The van der Waals surface area contributed by atoms with Crippen molar-refractivity contribution in [3.63, 3.8) is 0 Å². The average molecular weight is 676 g/mol. The Balaban J connectivity index is 1.34. The van der Waals surface area contributed by atoms with Crippen molar-refractivity contribution < 1.29 is 34.2 Å². The molecule has 5 N–H and O–H groups in total. The van der Waals surface area contributed by atoms with Crippen LogP contribution in [0.3, 0.4) is 0 Å². The molecule has 1 aliphatic heterocycles. The molecule has 4 aromatic rings. The maximum atomic E-state index is 13.5. The largest absolute Gasteiger partial charge is 0.478 e. The zero-order valence-corrected chi connectivity index (χ0v) is 26.0. The molecule has 17 heteroatoms. The minimum absolute atomic E-state index is 0.00193. The maximum Gasteiger partial charge on any atom is 0.337 e. The molecule has 1 aliphatic rings. The molecular weight excluding hydrogens is 646 g/mol. The van der Waals surface area contributed by atoms with Crippen molar-refractivity contribution in [3.8, 4) is 5.69 Å². The standard InChI is InChI=1S/C31H30ClN9O7/c32-20-7-10-26(41-18-33-37-38-41)24(16-20)35-29(45)30(46)36-25(28(44)34-23-4-2-1-3-22(23)31(47)48)15-19-5-8-21(9-6-19)40-12-11-39(13-14-42)17-27(40)43/h1-10,16,18,25,42H,11-15,17H2,(H,34,44)(H,35,45)(H,36,46)(H,47,48). The lowest BCUT2D eigenvalue weighted by Gasteiger charge is -2.34. The Labute approximate surface area is 278 Å². The molecule has 1 aromatic heterocycles. The van der Waals surface area contributed by atoms with Gasteiger partial charge in [-0.25, -0.2) is 4.79 Å². The van der Waals surface area contributed by atoms with Gasteiger partial charge in [0.25, 0.3) is 0 Å². The summed E-state index contributed by atoms with van der Waals surface area (Å²) in [4.78, 5) is 67.7. The summed E-state index contributed by atoms with van der Waals surface area (Å²) in [5.41, 5.74) is 1.48. The van der Waals surface area contributed by atoms with Crippen LogP contribution in [-0.4, -0.2) is 104 Å². The zero-order valence-electron chi connectivity index (χ0n) is 25.2. The molecule has 1 unspecified atom stereocenters. The SMILES string of the molecule is O=C(Nc1cc(Cl)ccc1-n1cnnn1)C(=O)NC(Cc1ccc(N2CCN(CCO)CC2=O)cc1)C(=O)Nc1ccccc1C(=O)O. The van der Waals surface area contributed by atoms with E-state index in [0.717, 1.165) is 0 Å². The normalized spacial score (nSPS) is 13.9. The van der Waals surface area contributed by atoms with Crippen molar-refractivity contribution in [2.45, 2.75) is 12.5 Å². The number of para-hydroxylation sites is 1. The number of carbonyl (C=O) groups is 5. The number of β-amino-alcohol motifs (C(OH)–C–C–N with tert-alkyl or cyclic N) is 1. The predicted octanol–water partition coefficient (Wildman–Crippen LogP) is 0.960. The minimum atomic E-state index is -1.34. The highest BCUT2D eigenvalue weighted by Crippen LogP contribution is 2.24. The van der Waals surface area contributed by atoms with Gasteiger partial charge in [-0.3, -0.25) is 24.1 Å². The van der Waals surface area contributed by atoms with Crippen molar-refractivity contribution in [2.24, 2.45) is 0 Å². The van der Waals surface area contributed by atoms with E-state index in [1.807, 2.05) is 4.90 Å².